The van der Waals surface area contributed by atoms with Crippen molar-refractivity contribution >= 4 is 28.1 Å². The second kappa shape index (κ2) is 4.80. The lowest BCUT2D eigenvalue weighted by Crippen LogP contribution is -2.16. The third-order valence-corrected chi connectivity index (χ3v) is 2.12. The lowest BCUT2D eigenvalue weighted by molar-refractivity contribution is 0.0926. The van der Waals surface area contributed by atoms with Crippen LogP contribution in [-0.2, 0) is 0 Å². The van der Waals surface area contributed by atoms with Crippen molar-refractivity contribution in [2.24, 2.45) is 5.10 Å². The number of nitrogens with zero attached hydrogens (tertiary/aromatic N) is 1. The Bertz CT molecular complexity index is 502. The standard InChI is InChI=1S/C10H7BrN2O3/c11-9-4-3-8(16-9)10(14)13-12-6-7-2-1-5-15-7/h1-6H,(H,13,14). The molecule has 2 rings (SSSR count). The number of amides is 1. The van der Waals surface area contributed by atoms with E-state index in [4.69, 9.17) is 8.83 Å². The number of furan rings is 2. The fourth-order valence-corrected chi connectivity index (χ4v) is 1.32. The maximum Gasteiger partial charge on any atom is 0.307 e. The van der Waals surface area contributed by atoms with Gasteiger partial charge < -0.3 is 8.83 Å². The Kier molecular flexibility index (Phi) is 3.21. The molecule has 1 N–H and O–H groups in total. The van der Waals surface area contributed by atoms with Crippen LogP contribution in [0.25, 0.3) is 0 Å². The lowest BCUT2D eigenvalue weighted by Gasteiger charge is -1.93. The molecule has 2 heterocycles. The van der Waals surface area contributed by atoms with E-state index in [9.17, 15) is 4.79 Å². The number of carbonyl (C=O) groups excluding carboxylic acids is 1. The molecule has 0 aromatic carbocycles. The van der Waals surface area contributed by atoms with E-state index < -0.39 is 5.91 Å². The normalized spacial score (nSPS) is 10.8. The van der Waals surface area contributed by atoms with Gasteiger partial charge in [-0.15, -0.1) is 0 Å². The van der Waals surface area contributed by atoms with Crippen LogP contribution < -0.4 is 5.43 Å². The average molecular weight is 283 g/mol. The van der Waals surface area contributed by atoms with E-state index in [-0.39, 0.29) is 5.76 Å². The summed E-state index contributed by atoms with van der Waals surface area (Å²) in [7, 11) is 0. The quantitative estimate of drug-likeness (QED) is 0.694. The zero-order chi connectivity index (χ0) is 11.4. The Morgan fingerprint density at radius 1 is 1.44 bits per heavy atom. The van der Waals surface area contributed by atoms with Gasteiger partial charge in [0.2, 0.25) is 0 Å². The topological polar surface area (TPSA) is 67.7 Å². The van der Waals surface area contributed by atoms with Crippen molar-refractivity contribution in [2.45, 2.75) is 0 Å². The predicted octanol–water partition coefficient (Wildman–Crippen LogP) is 2.40. The number of halogens is 1. The van der Waals surface area contributed by atoms with Crippen LogP contribution in [0.5, 0.6) is 0 Å². The lowest BCUT2D eigenvalue weighted by atomic mass is 10.4. The molecule has 0 aliphatic heterocycles. The van der Waals surface area contributed by atoms with E-state index >= 15 is 0 Å². The molecular formula is C10H7BrN2O3. The van der Waals surface area contributed by atoms with Gasteiger partial charge in [-0.25, -0.2) is 5.43 Å². The molecular weight excluding hydrogens is 276 g/mol. The summed E-state index contributed by atoms with van der Waals surface area (Å²) in [6.45, 7) is 0. The second-order valence-electron chi connectivity index (χ2n) is 2.82. The molecule has 2 aromatic rings. The van der Waals surface area contributed by atoms with Gasteiger partial charge >= 0.3 is 5.91 Å². The maximum atomic E-state index is 11.4. The fourth-order valence-electron chi connectivity index (χ4n) is 1.01. The molecule has 0 saturated carbocycles. The Morgan fingerprint density at radius 3 is 2.94 bits per heavy atom. The first-order valence-corrected chi connectivity index (χ1v) is 5.17. The van der Waals surface area contributed by atoms with E-state index in [1.807, 2.05) is 0 Å². The third-order valence-electron chi connectivity index (χ3n) is 1.70. The van der Waals surface area contributed by atoms with E-state index in [2.05, 4.69) is 26.5 Å². The molecule has 16 heavy (non-hydrogen) atoms. The van der Waals surface area contributed by atoms with Crippen LogP contribution >= 0.6 is 15.9 Å². The Balaban J connectivity index is 1.94. The Morgan fingerprint density at radius 2 is 2.31 bits per heavy atom. The summed E-state index contributed by atoms with van der Waals surface area (Å²) < 4.78 is 10.5. The van der Waals surface area contributed by atoms with Crippen LogP contribution in [0.15, 0.2) is 49.1 Å². The van der Waals surface area contributed by atoms with E-state index in [1.54, 1.807) is 24.3 Å². The SMILES string of the molecule is O=C(NN=Cc1ccco1)c1ccc(Br)o1. The van der Waals surface area contributed by atoms with Crippen LogP contribution in [0, 0.1) is 0 Å². The fraction of sp³-hybridized carbons (Fsp3) is 0. The number of hydrogen-bond donors (Lipinski definition) is 1. The zero-order valence-corrected chi connectivity index (χ0v) is 9.60. The molecule has 6 heteroatoms. The van der Waals surface area contributed by atoms with Gasteiger partial charge in [-0.3, -0.25) is 4.79 Å². The van der Waals surface area contributed by atoms with Crippen molar-refractivity contribution in [1.29, 1.82) is 0 Å². The Labute approximate surface area is 99.3 Å². The summed E-state index contributed by atoms with van der Waals surface area (Å²) >= 11 is 3.10. The predicted molar refractivity (Wildman–Crippen MR) is 60.2 cm³/mol. The minimum atomic E-state index is -0.423. The van der Waals surface area contributed by atoms with Crippen LogP contribution in [0.1, 0.15) is 16.3 Å². The number of carbonyl (C=O) groups is 1. The average Bonchev–Trinajstić information content (AvgIpc) is 2.89. The van der Waals surface area contributed by atoms with Gasteiger partial charge in [0, 0.05) is 0 Å². The minimum Gasteiger partial charge on any atom is -0.463 e. The van der Waals surface area contributed by atoms with Crippen molar-refractivity contribution in [3.05, 3.63) is 46.7 Å². The molecule has 0 spiro atoms. The molecule has 5 nitrogen and oxygen atoms in total. The molecule has 0 aliphatic carbocycles. The molecule has 0 aliphatic rings. The van der Waals surface area contributed by atoms with Crippen molar-refractivity contribution < 1.29 is 13.6 Å². The summed E-state index contributed by atoms with van der Waals surface area (Å²) in [4.78, 5) is 11.4. The summed E-state index contributed by atoms with van der Waals surface area (Å²) in [5.41, 5.74) is 2.31. The van der Waals surface area contributed by atoms with Crippen LogP contribution in [0.3, 0.4) is 0 Å². The summed E-state index contributed by atoms with van der Waals surface area (Å²) in [6, 6.07) is 6.62. The van der Waals surface area contributed by atoms with E-state index in [0.717, 1.165) is 0 Å². The minimum absolute atomic E-state index is 0.184. The molecule has 1 amide bonds. The summed E-state index contributed by atoms with van der Waals surface area (Å²) in [5, 5.41) is 3.71. The Hall–Kier alpha value is -1.82. The van der Waals surface area contributed by atoms with E-state index in [1.165, 1.54) is 12.5 Å². The maximum absolute atomic E-state index is 11.4. The summed E-state index contributed by atoms with van der Waals surface area (Å²) in [6.07, 6.45) is 2.92. The molecule has 0 unspecified atom stereocenters. The van der Waals surface area contributed by atoms with Crippen molar-refractivity contribution in [3.8, 4) is 0 Å². The number of hydrazone groups is 1. The van der Waals surface area contributed by atoms with Gasteiger partial charge in [0.1, 0.15) is 5.76 Å². The number of hydrogen-bond acceptors (Lipinski definition) is 4. The highest BCUT2D eigenvalue weighted by atomic mass is 79.9. The van der Waals surface area contributed by atoms with Gasteiger partial charge in [-0.2, -0.15) is 5.10 Å². The van der Waals surface area contributed by atoms with Gasteiger partial charge in [-0.1, -0.05) is 0 Å². The zero-order valence-electron chi connectivity index (χ0n) is 8.01. The van der Waals surface area contributed by atoms with Crippen LogP contribution in [-0.4, -0.2) is 12.1 Å². The second-order valence-corrected chi connectivity index (χ2v) is 3.60. The monoisotopic (exact) mass is 282 g/mol. The summed E-state index contributed by atoms with van der Waals surface area (Å²) in [5.74, 6) is 0.318. The van der Waals surface area contributed by atoms with Crippen LogP contribution in [0.2, 0.25) is 0 Å². The number of rotatable bonds is 3. The molecule has 0 fully saturated rings. The highest BCUT2D eigenvalue weighted by Gasteiger charge is 2.08. The largest absolute Gasteiger partial charge is 0.463 e. The molecule has 0 radical (unpaired) electrons. The first-order valence-electron chi connectivity index (χ1n) is 4.38. The van der Waals surface area contributed by atoms with Crippen molar-refractivity contribution in [3.63, 3.8) is 0 Å². The first kappa shape index (κ1) is 10.7. The molecule has 0 bridgehead atoms. The van der Waals surface area contributed by atoms with Crippen molar-refractivity contribution in [2.75, 3.05) is 0 Å². The van der Waals surface area contributed by atoms with Gasteiger partial charge in [0.25, 0.3) is 0 Å². The van der Waals surface area contributed by atoms with Gasteiger partial charge in [0.15, 0.2) is 10.4 Å². The van der Waals surface area contributed by atoms with Gasteiger partial charge in [-0.05, 0) is 40.2 Å². The highest BCUT2D eigenvalue weighted by Crippen LogP contribution is 2.13. The molecule has 0 saturated heterocycles. The molecule has 2 aromatic heterocycles. The highest BCUT2D eigenvalue weighted by molar-refractivity contribution is 9.10. The van der Waals surface area contributed by atoms with E-state index in [0.29, 0.717) is 10.4 Å². The van der Waals surface area contributed by atoms with Crippen molar-refractivity contribution in [1.82, 2.24) is 5.43 Å². The number of nitrogens with one attached hydrogen (secondary N) is 1. The van der Waals surface area contributed by atoms with Crippen LogP contribution in [0.4, 0.5) is 0 Å². The molecule has 82 valence electrons. The first-order chi connectivity index (χ1) is 7.75. The third kappa shape index (κ3) is 2.60. The van der Waals surface area contributed by atoms with Gasteiger partial charge in [0.05, 0.1) is 12.5 Å². The molecule has 0 atom stereocenters. The smallest absolute Gasteiger partial charge is 0.307 e.